The molecule has 0 aliphatic carbocycles. The number of halogens is 1. The molecule has 0 saturated heterocycles. The van der Waals surface area contributed by atoms with Gasteiger partial charge in [0.05, 0.1) is 5.69 Å². The van der Waals surface area contributed by atoms with E-state index in [1.54, 1.807) is 16.8 Å². The second kappa shape index (κ2) is 7.32. The molecule has 4 rings (SSSR count). The lowest BCUT2D eigenvalue weighted by Gasteiger charge is -2.16. The van der Waals surface area contributed by atoms with Crippen molar-refractivity contribution in [3.8, 4) is 16.8 Å². The van der Waals surface area contributed by atoms with Crippen molar-refractivity contribution >= 4 is 29.1 Å². The van der Waals surface area contributed by atoms with Gasteiger partial charge in [0.2, 0.25) is 5.91 Å². The van der Waals surface area contributed by atoms with Crippen LogP contribution in [0.5, 0.6) is 0 Å². The van der Waals surface area contributed by atoms with Crippen molar-refractivity contribution in [2.75, 3.05) is 11.9 Å². The molecule has 0 fully saturated rings. The van der Waals surface area contributed by atoms with Gasteiger partial charge in [-0.1, -0.05) is 36.4 Å². The van der Waals surface area contributed by atoms with E-state index in [0.717, 1.165) is 28.8 Å². The molecule has 28 heavy (non-hydrogen) atoms. The Morgan fingerprint density at radius 1 is 1.25 bits per heavy atom. The maximum absolute atomic E-state index is 11.9. The quantitative estimate of drug-likeness (QED) is 0.666. The molecule has 1 aliphatic rings. The lowest BCUT2D eigenvalue weighted by atomic mass is 9.96. The van der Waals surface area contributed by atoms with Crippen molar-refractivity contribution < 1.29 is 9.59 Å². The highest BCUT2D eigenvalue weighted by molar-refractivity contribution is 6.32. The fourth-order valence-corrected chi connectivity index (χ4v) is 3.43. The first kappa shape index (κ1) is 18.0. The molecule has 1 aliphatic heterocycles. The van der Waals surface area contributed by atoms with E-state index in [1.807, 2.05) is 36.5 Å². The van der Waals surface area contributed by atoms with Crippen LogP contribution in [0.25, 0.3) is 16.8 Å². The molecule has 2 heterocycles. The molecular weight excluding hydrogens is 376 g/mol. The minimum absolute atomic E-state index is 0.0482. The summed E-state index contributed by atoms with van der Waals surface area (Å²) in [6.45, 7) is 4.08. The Balaban J connectivity index is 1.68. The predicted molar refractivity (Wildman–Crippen MR) is 109 cm³/mol. The van der Waals surface area contributed by atoms with E-state index >= 15 is 0 Å². The van der Waals surface area contributed by atoms with E-state index in [9.17, 15) is 9.59 Å². The Bertz CT molecular complexity index is 1100. The van der Waals surface area contributed by atoms with Crippen LogP contribution in [0.15, 0.2) is 61.3 Å². The zero-order valence-corrected chi connectivity index (χ0v) is 15.7. The molecule has 6 nitrogen and oxygen atoms in total. The van der Waals surface area contributed by atoms with Crippen molar-refractivity contribution in [1.29, 1.82) is 0 Å². The minimum Gasteiger partial charge on any atom is -0.352 e. The van der Waals surface area contributed by atoms with E-state index in [2.05, 4.69) is 22.3 Å². The highest BCUT2D eigenvalue weighted by Gasteiger charge is 2.18. The van der Waals surface area contributed by atoms with Crippen molar-refractivity contribution in [2.24, 2.45) is 0 Å². The third-order valence-electron chi connectivity index (χ3n) is 4.57. The summed E-state index contributed by atoms with van der Waals surface area (Å²) in [7, 11) is 0. The van der Waals surface area contributed by atoms with Gasteiger partial charge in [0.15, 0.2) is 5.15 Å². The topological polar surface area (TPSA) is 76.0 Å². The first-order valence-corrected chi connectivity index (χ1v) is 9.13. The van der Waals surface area contributed by atoms with E-state index in [0.29, 0.717) is 22.9 Å². The normalized spacial score (nSPS) is 12.8. The van der Waals surface area contributed by atoms with Gasteiger partial charge >= 0.3 is 0 Å². The standard InChI is InChI=1S/C21H17ClN4O2/c1-2-19(27)24-15-4-3-5-16(11-15)26-12-18(20(22)25-26)13-6-7-17-14(10-13)8-9-23-21(17)28/h2-7,10-12H,1,8-9H2,(H,23,28)(H,24,27). The first-order valence-electron chi connectivity index (χ1n) is 8.75. The van der Waals surface area contributed by atoms with Crippen LogP contribution in [0.3, 0.4) is 0 Å². The Hall–Kier alpha value is -3.38. The van der Waals surface area contributed by atoms with E-state index in [4.69, 9.17) is 11.6 Å². The maximum atomic E-state index is 11.9. The maximum Gasteiger partial charge on any atom is 0.251 e. The second-order valence-corrected chi connectivity index (χ2v) is 6.76. The third kappa shape index (κ3) is 3.42. The van der Waals surface area contributed by atoms with Crippen molar-refractivity contribution in [2.45, 2.75) is 6.42 Å². The zero-order chi connectivity index (χ0) is 19.7. The van der Waals surface area contributed by atoms with Crippen LogP contribution in [0, 0.1) is 0 Å². The molecule has 7 heteroatoms. The third-order valence-corrected chi connectivity index (χ3v) is 4.85. The fourth-order valence-electron chi connectivity index (χ4n) is 3.19. The van der Waals surface area contributed by atoms with Gasteiger partial charge in [-0.2, -0.15) is 5.10 Å². The van der Waals surface area contributed by atoms with Gasteiger partial charge < -0.3 is 10.6 Å². The van der Waals surface area contributed by atoms with E-state index in [1.165, 1.54) is 6.08 Å². The minimum atomic E-state index is -0.283. The lowest BCUT2D eigenvalue weighted by molar-refractivity contribution is -0.111. The van der Waals surface area contributed by atoms with Gasteiger partial charge in [0.25, 0.3) is 5.91 Å². The number of hydrogen-bond donors (Lipinski definition) is 2. The largest absolute Gasteiger partial charge is 0.352 e. The predicted octanol–water partition coefficient (Wildman–Crippen LogP) is 3.60. The molecular formula is C21H17ClN4O2. The molecule has 0 unspecified atom stereocenters. The molecule has 3 aromatic rings. The van der Waals surface area contributed by atoms with Gasteiger partial charge in [-0.3, -0.25) is 9.59 Å². The molecule has 2 amide bonds. The Kier molecular flexibility index (Phi) is 4.71. The summed E-state index contributed by atoms with van der Waals surface area (Å²) in [5, 5.41) is 10.3. The molecule has 1 aromatic heterocycles. The van der Waals surface area contributed by atoms with Crippen molar-refractivity contribution in [3.63, 3.8) is 0 Å². The average Bonchev–Trinajstić information content (AvgIpc) is 3.10. The zero-order valence-electron chi connectivity index (χ0n) is 14.9. The van der Waals surface area contributed by atoms with Crippen LogP contribution >= 0.6 is 11.6 Å². The van der Waals surface area contributed by atoms with Crippen molar-refractivity contribution in [3.05, 3.63) is 77.6 Å². The summed E-state index contributed by atoms with van der Waals surface area (Å²) in [5.74, 6) is -0.331. The first-order chi connectivity index (χ1) is 13.5. The lowest BCUT2D eigenvalue weighted by Crippen LogP contribution is -2.31. The van der Waals surface area contributed by atoms with Gasteiger partial charge in [0.1, 0.15) is 0 Å². The van der Waals surface area contributed by atoms with Gasteiger partial charge in [0, 0.05) is 29.6 Å². The SMILES string of the molecule is C=CC(=O)Nc1cccc(-n2cc(-c3ccc4c(c3)CCNC4=O)c(Cl)n2)c1. The summed E-state index contributed by atoms with van der Waals surface area (Å²) < 4.78 is 1.66. The van der Waals surface area contributed by atoms with Crippen LogP contribution in [-0.4, -0.2) is 28.1 Å². The highest BCUT2D eigenvalue weighted by atomic mass is 35.5. The highest BCUT2D eigenvalue weighted by Crippen LogP contribution is 2.30. The summed E-state index contributed by atoms with van der Waals surface area (Å²) in [5.41, 5.74) is 4.77. The summed E-state index contributed by atoms with van der Waals surface area (Å²) in [4.78, 5) is 23.4. The molecule has 2 aromatic carbocycles. The van der Waals surface area contributed by atoms with Crippen molar-refractivity contribution in [1.82, 2.24) is 15.1 Å². The van der Waals surface area contributed by atoms with Gasteiger partial charge in [-0.25, -0.2) is 4.68 Å². The van der Waals surface area contributed by atoms with Gasteiger partial charge in [-0.15, -0.1) is 0 Å². The number of carbonyl (C=O) groups is 2. The summed E-state index contributed by atoms with van der Waals surface area (Å²) in [6, 6.07) is 12.9. The van der Waals surface area contributed by atoms with Crippen LogP contribution in [0.1, 0.15) is 15.9 Å². The number of aromatic nitrogens is 2. The van der Waals surface area contributed by atoms with Gasteiger partial charge in [-0.05, 0) is 47.9 Å². The number of rotatable bonds is 4. The molecule has 0 bridgehead atoms. The fraction of sp³-hybridized carbons (Fsp3) is 0.0952. The monoisotopic (exact) mass is 392 g/mol. The number of amides is 2. The summed E-state index contributed by atoms with van der Waals surface area (Å²) >= 11 is 6.39. The molecule has 0 atom stereocenters. The molecule has 140 valence electrons. The van der Waals surface area contributed by atoms with E-state index in [-0.39, 0.29) is 11.8 Å². The Morgan fingerprint density at radius 3 is 2.93 bits per heavy atom. The second-order valence-electron chi connectivity index (χ2n) is 6.40. The number of benzene rings is 2. The van der Waals surface area contributed by atoms with Crippen LogP contribution in [0.4, 0.5) is 5.69 Å². The number of nitrogens with zero attached hydrogens (tertiary/aromatic N) is 2. The molecule has 0 radical (unpaired) electrons. The summed E-state index contributed by atoms with van der Waals surface area (Å²) in [6.07, 6.45) is 3.83. The number of nitrogens with one attached hydrogen (secondary N) is 2. The average molecular weight is 393 g/mol. The number of carbonyl (C=O) groups excluding carboxylic acids is 2. The number of fused-ring (bicyclic) bond motifs is 1. The Morgan fingerprint density at radius 2 is 2.11 bits per heavy atom. The van der Waals surface area contributed by atoms with Crippen LogP contribution < -0.4 is 10.6 Å². The number of anilines is 1. The Labute approximate surface area is 166 Å². The smallest absolute Gasteiger partial charge is 0.251 e. The molecule has 2 N–H and O–H groups in total. The molecule has 0 spiro atoms. The van der Waals surface area contributed by atoms with Crippen LogP contribution in [0.2, 0.25) is 5.15 Å². The number of hydrogen-bond acceptors (Lipinski definition) is 3. The van der Waals surface area contributed by atoms with E-state index < -0.39 is 0 Å². The molecule has 0 saturated carbocycles. The van der Waals surface area contributed by atoms with Crippen LogP contribution in [-0.2, 0) is 11.2 Å².